The summed E-state index contributed by atoms with van der Waals surface area (Å²) in [5.41, 5.74) is 0. The van der Waals surface area contributed by atoms with Crippen LogP contribution >= 0.6 is 0 Å². The van der Waals surface area contributed by atoms with Crippen LogP contribution in [0, 0.1) is 0 Å². The Labute approximate surface area is 70.1 Å². The van der Waals surface area contributed by atoms with Crippen LogP contribution in [-0.4, -0.2) is 17.4 Å². The third-order valence-electron chi connectivity index (χ3n) is 0. The Bertz CT molecular complexity index is 6.00. The van der Waals surface area contributed by atoms with Gasteiger partial charge in [0.15, 0.2) is 17.4 Å². The van der Waals surface area contributed by atoms with Gasteiger partial charge in [0.2, 0.25) is 0 Å². The second-order valence-corrected chi connectivity index (χ2v) is 0. The summed E-state index contributed by atoms with van der Waals surface area (Å²) in [7, 11) is 0. The van der Waals surface area contributed by atoms with Gasteiger partial charge in [0.05, 0.1) is 0 Å². The molecule has 36 valence electrons. The van der Waals surface area contributed by atoms with Crippen LogP contribution < -0.4 is 0 Å². The Kier molecular flexibility index (Phi) is 166. The number of hydrogen-bond donors (Lipinski definition) is 0. The van der Waals surface area contributed by atoms with Gasteiger partial charge in [-0.1, -0.05) is 0 Å². The molecule has 0 radical (unpaired) electrons. The van der Waals surface area contributed by atoms with Crippen LogP contribution in [0.1, 0.15) is 0 Å². The molecule has 4 heteroatoms. The predicted octanol–water partition coefficient (Wildman–Crippen LogP) is -1.19. The van der Waals surface area contributed by atoms with E-state index in [2.05, 4.69) is 0 Å². The van der Waals surface area contributed by atoms with Crippen molar-refractivity contribution in [1.82, 2.24) is 0 Å². The quantitative estimate of drug-likeness (QED) is 0.477. The summed E-state index contributed by atoms with van der Waals surface area (Å²) >= 11 is 0. The standard InChI is InChI=1S/Al.2Ni.Pd.3H. The largest absolute Gasteiger partial charge is 0.187 e. The van der Waals surface area contributed by atoms with Crippen LogP contribution in [0.15, 0.2) is 0 Å². The van der Waals surface area contributed by atoms with Crippen LogP contribution in [0.2, 0.25) is 0 Å². The number of rotatable bonds is 0. The first kappa shape index (κ1) is 34.9. The van der Waals surface area contributed by atoms with Crippen molar-refractivity contribution in [3.63, 3.8) is 0 Å². The van der Waals surface area contributed by atoms with Crippen molar-refractivity contribution in [2.45, 2.75) is 0 Å². The van der Waals surface area contributed by atoms with E-state index in [1.54, 1.807) is 0 Å². The fourth-order valence-electron chi connectivity index (χ4n) is 0. The predicted molar refractivity (Wildman–Crippen MR) is 9.94 cm³/mol. The Morgan fingerprint density at radius 2 is 0.750 bits per heavy atom. The first-order chi connectivity index (χ1) is 0. The van der Waals surface area contributed by atoms with E-state index in [-0.39, 0.29) is 70.8 Å². The summed E-state index contributed by atoms with van der Waals surface area (Å²) in [6.07, 6.45) is 0. The van der Waals surface area contributed by atoms with Crippen LogP contribution in [-0.2, 0) is 53.4 Å². The maximum absolute atomic E-state index is 0. The molecule has 0 aromatic heterocycles. The van der Waals surface area contributed by atoms with Crippen molar-refractivity contribution in [2.24, 2.45) is 0 Å². The molecular formula is H3AlNi2Pd. The van der Waals surface area contributed by atoms with Crippen molar-refractivity contribution in [3.8, 4) is 0 Å². The molecule has 0 aromatic rings. The van der Waals surface area contributed by atoms with E-state index in [1.165, 1.54) is 0 Å². The van der Waals surface area contributed by atoms with Gasteiger partial charge in [-0.3, -0.25) is 0 Å². The molecule has 0 fully saturated rings. The summed E-state index contributed by atoms with van der Waals surface area (Å²) in [6, 6.07) is 0. The maximum Gasteiger partial charge on any atom is 0.187 e. The monoisotopic (exact) mass is 252 g/mol. The molecule has 0 heterocycles. The van der Waals surface area contributed by atoms with Crippen molar-refractivity contribution in [3.05, 3.63) is 0 Å². The molecule has 0 rings (SSSR count). The maximum atomic E-state index is 0. The van der Waals surface area contributed by atoms with Crippen molar-refractivity contribution in [1.29, 1.82) is 0 Å². The molecule has 0 aliphatic rings. The average molecular weight is 254 g/mol. The molecule has 0 aromatic carbocycles. The fourth-order valence-corrected chi connectivity index (χ4v) is 0. The van der Waals surface area contributed by atoms with Gasteiger partial charge in [-0.05, 0) is 0 Å². The molecule has 0 amide bonds. The Morgan fingerprint density at radius 3 is 0.750 bits per heavy atom. The molecule has 0 saturated heterocycles. The third kappa shape index (κ3) is 8.89. The van der Waals surface area contributed by atoms with Crippen LogP contribution in [0.3, 0.4) is 0 Å². The van der Waals surface area contributed by atoms with E-state index in [9.17, 15) is 0 Å². The topological polar surface area (TPSA) is 0 Å². The van der Waals surface area contributed by atoms with Gasteiger partial charge in [-0.25, -0.2) is 0 Å². The minimum atomic E-state index is 0. The van der Waals surface area contributed by atoms with Gasteiger partial charge in [0.1, 0.15) is 0 Å². The van der Waals surface area contributed by atoms with Gasteiger partial charge in [0, 0.05) is 53.4 Å². The molecule has 0 bridgehead atoms. The molecule has 0 spiro atoms. The first-order valence-electron chi connectivity index (χ1n) is 0. The van der Waals surface area contributed by atoms with Gasteiger partial charge in [-0.2, -0.15) is 0 Å². The molecule has 0 saturated carbocycles. The second kappa shape index (κ2) is 19.0. The van der Waals surface area contributed by atoms with E-state index in [0.717, 1.165) is 0 Å². The van der Waals surface area contributed by atoms with E-state index in [0.29, 0.717) is 0 Å². The SMILES string of the molecule is [AlH3].[Ni].[Ni].[Pd]. The molecule has 0 atom stereocenters. The van der Waals surface area contributed by atoms with Crippen LogP contribution in [0.25, 0.3) is 0 Å². The summed E-state index contributed by atoms with van der Waals surface area (Å²) in [5.74, 6) is 0. The minimum Gasteiger partial charge on any atom is 0 e. The molecule has 4 heavy (non-hydrogen) atoms. The minimum absolute atomic E-state index is 0. The normalized spacial score (nSPS) is 0. The van der Waals surface area contributed by atoms with Gasteiger partial charge in [-0.15, -0.1) is 0 Å². The second-order valence-electron chi connectivity index (χ2n) is 0. The van der Waals surface area contributed by atoms with E-state index >= 15 is 0 Å². The molecule has 0 N–H and O–H groups in total. The summed E-state index contributed by atoms with van der Waals surface area (Å²) in [6.45, 7) is 0. The van der Waals surface area contributed by atoms with Gasteiger partial charge < -0.3 is 0 Å². The summed E-state index contributed by atoms with van der Waals surface area (Å²) in [5, 5.41) is 0. The van der Waals surface area contributed by atoms with E-state index < -0.39 is 0 Å². The van der Waals surface area contributed by atoms with Crippen LogP contribution in [0.5, 0.6) is 0 Å². The molecule has 0 aliphatic carbocycles. The Hall–Kier alpha value is 2.18. The zero-order chi connectivity index (χ0) is 0. The van der Waals surface area contributed by atoms with Crippen molar-refractivity contribution < 1.29 is 53.4 Å². The fraction of sp³-hybridized carbons (Fsp3) is 0. The van der Waals surface area contributed by atoms with Gasteiger partial charge >= 0.3 is 0 Å². The van der Waals surface area contributed by atoms with E-state index in [4.69, 9.17) is 0 Å². The average Bonchev–Trinajstić information content (AvgIpc) is 0. The molecular weight excluding hydrogens is 251 g/mol. The van der Waals surface area contributed by atoms with Crippen molar-refractivity contribution >= 4 is 17.4 Å². The van der Waals surface area contributed by atoms with Gasteiger partial charge in [0.25, 0.3) is 0 Å². The van der Waals surface area contributed by atoms with Crippen LogP contribution in [0.4, 0.5) is 0 Å². The summed E-state index contributed by atoms with van der Waals surface area (Å²) in [4.78, 5) is 0. The third-order valence-corrected chi connectivity index (χ3v) is 0. The zero-order valence-corrected chi connectivity index (χ0v) is 4.48. The zero-order valence-electron chi connectivity index (χ0n) is 0.949. The smallest absolute Gasteiger partial charge is 0 e. The number of hydrogen-bond acceptors (Lipinski definition) is 0. The first-order valence-corrected chi connectivity index (χ1v) is 0. The van der Waals surface area contributed by atoms with E-state index in [1.807, 2.05) is 0 Å². The molecule has 0 unspecified atom stereocenters. The van der Waals surface area contributed by atoms with Crippen molar-refractivity contribution in [2.75, 3.05) is 0 Å². The Morgan fingerprint density at radius 1 is 0.750 bits per heavy atom. The Balaban J connectivity index is 0. The summed E-state index contributed by atoms with van der Waals surface area (Å²) < 4.78 is 0. The molecule has 0 aliphatic heterocycles. The molecule has 0 nitrogen and oxygen atoms in total.